The lowest BCUT2D eigenvalue weighted by atomic mass is 9.84. The maximum Gasteiger partial charge on any atom is 0.0801 e. The lowest BCUT2D eigenvalue weighted by Crippen LogP contribution is -2.51. The Kier molecular flexibility index (Phi) is 7.34. The van der Waals surface area contributed by atoms with E-state index in [1.807, 2.05) is 0 Å². The first-order valence-electron chi connectivity index (χ1n) is 9.46. The van der Waals surface area contributed by atoms with E-state index in [1.54, 1.807) is 0 Å². The Hall–Kier alpha value is 0.0969. The van der Waals surface area contributed by atoms with E-state index >= 15 is 0 Å². The van der Waals surface area contributed by atoms with Crippen LogP contribution in [0, 0.1) is 5.92 Å². The molecule has 0 heterocycles. The normalized spacial score (nSPS) is 29.3. The fraction of sp³-hybridized carbons (Fsp3) is 1.00. The first kappa shape index (κ1) is 21.1. The molecule has 0 aromatic rings. The molecule has 2 N–H and O–H groups in total. The summed E-state index contributed by atoms with van der Waals surface area (Å²) in [6.45, 7) is 15.8. The molecule has 0 saturated heterocycles. The van der Waals surface area contributed by atoms with Gasteiger partial charge in [-0.25, -0.2) is 0 Å². The molecule has 23 heavy (non-hydrogen) atoms. The van der Waals surface area contributed by atoms with Crippen LogP contribution in [-0.2, 0) is 4.43 Å². The second kappa shape index (κ2) is 7.98. The van der Waals surface area contributed by atoms with Gasteiger partial charge in [-0.05, 0) is 54.3 Å². The third-order valence-corrected chi connectivity index (χ3v) is 11.5. The van der Waals surface area contributed by atoms with Crippen LogP contribution in [0.25, 0.3) is 0 Å². The van der Waals surface area contributed by atoms with Crippen LogP contribution in [0.5, 0.6) is 0 Å². The summed E-state index contributed by atoms with van der Waals surface area (Å²) in [5.41, 5.74) is -0.100. The topological polar surface area (TPSA) is 49.7 Å². The summed E-state index contributed by atoms with van der Waals surface area (Å²) < 4.78 is 6.80. The predicted octanol–water partition coefficient (Wildman–Crippen LogP) is 4.87. The maximum atomic E-state index is 9.96. The highest BCUT2D eigenvalue weighted by Gasteiger charge is 2.37. The van der Waals surface area contributed by atoms with Crippen molar-refractivity contribution in [3.63, 3.8) is 0 Å². The van der Waals surface area contributed by atoms with Crippen LogP contribution < -0.4 is 0 Å². The molecule has 1 saturated carbocycles. The average molecular weight is 345 g/mol. The zero-order chi connectivity index (χ0) is 17.9. The van der Waals surface area contributed by atoms with Crippen LogP contribution in [0.2, 0.25) is 17.1 Å². The van der Waals surface area contributed by atoms with E-state index in [9.17, 15) is 10.2 Å². The van der Waals surface area contributed by atoms with Crippen LogP contribution in [0.3, 0.4) is 0 Å². The molecule has 3 nitrogen and oxygen atoms in total. The highest BCUT2D eigenvalue weighted by atomic mass is 28.4. The molecule has 1 rings (SSSR count). The van der Waals surface area contributed by atoms with Crippen LogP contribution in [0.4, 0.5) is 0 Å². The van der Waals surface area contributed by atoms with E-state index in [-0.39, 0.29) is 10.6 Å². The molecule has 4 unspecified atom stereocenters. The quantitative estimate of drug-likeness (QED) is 0.676. The smallest absolute Gasteiger partial charge is 0.0801 e. The van der Waals surface area contributed by atoms with Gasteiger partial charge in [-0.3, -0.25) is 0 Å². The molecular weight excluding hydrogens is 304 g/mol. The van der Waals surface area contributed by atoms with Gasteiger partial charge in [-0.15, -0.1) is 17.1 Å². The van der Waals surface area contributed by atoms with Gasteiger partial charge in [0, 0.05) is 5.60 Å². The standard InChI is InChI=1S/C19H40O3Si/c1-8-12-23(19(5,6)7,22-18(2,3)4)13-11-15-9-10-16(20)17(21)14-15/h15-17,20-21H,8-14H2,1-7H3/q-1. The molecular formula is C19H40O3Si-. The molecule has 139 valence electrons. The number of hydrogen-bond acceptors (Lipinski definition) is 3. The summed E-state index contributed by atoms with van der Waals surface area (Å²) in [6, 6.07) is 2.36. The second-order valence-corrected chi connectivity index (χ2v) is 14.3. The Morgan fingerprint density at radius 2 is 1.57 bits per heavy atom. The summed E-state index contributed by atoms with van der Waals surface area (Å²) in [5, 5.41) is 19.9. The van der Waals surface area contributed by atoms with Gasteiger partial charge < -0.3 is 14.6 Å². The molecule has 0 aromatic carbocycles. The van der Waals surface area contributed by atoms with Gasteiger partial charge in [-0.2, -0.15) is 0 Å². The molecule has 0 spiro atoms. The Morgan fingerprint density at radius 1 is 0.957 bits per heavy atom. The third-order valence-electron chi connectivity index (χ3n) is 5.37. The van der Waals surface area contributed by atoms with Crippen LogP contribution in [0.15, 0.2) is 0 Å². The van der Waals surface area contributed by atoms with Crippen molar-refractivity contribution in [2.45, 2.75) is 116 Å². The van der Waals surface area contributed by atoms with E-state index in [2.05, 4.69) is 48.5 Å². The largest absolute Gasteiger partial charge is 0.560 e. The van der Waals surface area contributed by atoms with E-state index in [1.165, 1.54) is 12.5 Å². The minimum absolute atomic E-state index is 0.100. The minimum Gasteiger partial charge on any atom is -0.560 e. The Labute approximate surface area is 145 Å². The third kappa shape index (κ3) is 6.15. The van der Waals surface area contributed by atoms with E-state index in [0.29, 0.717) is 5.92 Å². The van der Waals surface area contributed by atoms with Crippen molar-refractivity contribution in [3.05, 3.63) is 0 Å². The average Bonchev–Trinajstić information content (AvgIpc) is 2.37. The van der Waals surface area contributed by atoms with Crippen molar-refractivity contribution in [1.82, 2.24) is 0 Å². The van der Waals surface area contributed by atoms with Crippen molar-refractivity contribution in [1.29, 1.82) is 0 Å². The highest BCUT2D eigenvalue weighted by molar-refractivity contribution is 6.76. The van der Waals surface area contributed by atoms with Gasteiger partial charge >= 0.3 is 0 Å². The summed E-state index contributed by atoms with van der Waals surface area (Å²) in [5.74, 6) is 0.531. The first-order chi connectivity index (χ1) is 10.4. The molecule has 4 atom stereocenters. The highest BCUT2D eigenvalue weighted by Crippen LogP contribution is 2.47. The molecule has 0 aromatic heterocycles. The van der Waals surface area contributed by atoms with Crippen molar-refractivity contribution >= 4 is 8.32 Å². The van der Waals surface area contributed by atoms with E-state index in [0.717, 1.165) is 31.7 Å². The fourth-order valence-electron chi connectivity index (χ4n) is 4.03. The Morgan fingerprint density at radius 3 is 2.00 bits per heavy atom. The van der Waals surface area contributed by atoms with Crippen LogP contribution in [0.1, 0.15) is 80.6 Å². The molecule has 1 fully saturated rings. The summed E-state index contributed by atoms with van der Waals surface area (Å²) >= 11 is 0. The lowest BCUT2D eigenvalue weighted by Gasteiger charge is -2.58. The molecule has 1 aliphatic carbocycles. The van der Waals surface area contributed by atoms with Crippen LogP contribution in [-0.4, -0.2) is 36.3 Å². The number of aliphatic hydroxyl groups excluding tert-OH is 2. The molecule has 1 aliphatic rings. The van der Waals surface area contributed by atoms with Gasteiger partial charge in [0.25, 0.3) is 0 Å². The summed E-state index contributed by atoms with van der Waals surface area (Å²) in [4.78, 5) is 0. The SMILES string of the molecule is CCC[Si-](CCC1CCC(O)C(O)C1)(OC(C)(C)C)C(C)(C)C. The van der Waals surface area contributed by atoms with Crippen molar-refractivity contribution in [2.75, 3.05) is 0 Å². The fourth-order valence-corrected chi connectivity index (χ4v) is 9.15. The van der Waals surface area contributed by atoms with Gasteiger partial charge in [0.1, 0.15) is 0 Å². The van der Waals surface area contributed by atoms with Crippen molar-refractivity contribution in [2.24, 2.45) is 5.92 Å². The predicted molar refractivity (Wildman–Crippen MR) is 100 cm³/mol. The van der Waals surface area contributed by atoms with Crippen molar-refractivity contribution < 1.29 is 14.6 Å². The van der Waals surface area contributed by atoms with Gasteiger partial charge in [0.05, 0.1) is 12.2 Å². The van der Waals surface area contributed by atoms with Gasteiger partial charge in [-0.1, -0.05) is 40.5 Å². The number of aliphatic hydroxyl groups is 2. The number of rotatable bonds is 6. The second-order valence-electron chi connectivity index (χ2n) is 9.56. The van der Waals surface area contributed by atoms with E-state index < -0.39 is 20.5 Å². The van der Waals surface area contributed by atoms with E-state index in [4.69, 9.17) is 4.43 Å². The molecule has 0 aliphatic heterocycles. The minimum atomic E-state index is -1.90. The summed E-state index contributed by atoms with van der Waals surface area (Å²) in [6.07, 6.45) is 3.77. The zero-order valence-corrected chi connectivity index (χ0v) is 17.5. The Bertz CT molecular complexity index is 359. The maximum absolute atomic E-state index is 9.96. The molecule has 0 amide bonds. The first-order valence-corrected chi connectivity index (χ1v) is 11.8. The van der Waals surface area contributed by atoms with Gasteiger partial charge in [0.15, 0.2) is 0 Å². The molecule has 0 radical (unpaired) electrons. The Balaban J connectivity index is 2.83. The zero-order valence-electron chi connectivity index (χ0n) is 16.5. The summed E-state index contributed by atoms with van der Waals surface area (Å²) in [7, 11) is -1.90. The number of hydrogen-bond donors (Lipinski definition) is 2. The monoisotopic (exact) mass is 344 g/mol. The molecule has 4 heteroatoms. The van der Waals surface area contributed by atoms with Gasteiger partial charge in [0.2, 0.25) is 0 Å². The molecule has 0 bridgehead atoms. The lowest BCUT2D eigenvalue weighted by molar-refractivity contribution is -0.0261. The van der Waals surface area contributed by atoms with Crippen molar-refractivity contribution in [3.8, 4) is 0 Å². The van der Waals surface area contributed by atoms with Crippen LogP contribution >= 0.6 is 0 Å².